The molecule has 0 heterocycles. The average molecular weight is 376 g/mol. The van der Waals surface area contributed by atoms with Gasteiger partial charge in [0.05, 0.1) is 12.5 Å². The van der Waals surface area contributed by atoms with Crippen LogP contribution in [0, 0.1) is 17.8 Å². The van der Waals surface area contributed by atoms with Gasteiger partial charge in [-0.2, -0.15) is 0 Å². The Labute approximate surface area is 162 Å². The predicted molar refractivity (Wildman–Crippen MR) is 106 cm³/mol. The molecule has 0 radical (unpaired) electrons. The first-order valence-electron chi connectivity index (χ1n) is 9.40. The monoisotopic (exact) mass is 376 g/mol. The van der Waals surface area contributed by atoms with Gasteiger partial charge >= 0.3 is 5.97 Å². The van der Waals surface area contributed by atoms with Gasteiger partial charge in [-0.15, -0.1) is 0 Å². The zero-order chi connectivity index (χ0) is 20.6. The minimum atomic E-state index is -1.35. The molecule has 5 nitrogen and oxygen atoms in total. The lowest BCUT2D eigenvalue weighted by Gasteiger charge is -2.33. The number of carbonyl (C=O) groups excluding carboxylic acids is 2. The zero-order valence-corrected chi connectivity index (χ0v) is 16.9. The van der Waals surface area contributed by atoms with Crippen molar-refractivity contribution in [2.45, 2.75) is 53.2 Å². The van der Waals surface area contributed by atoms with Gasteiger partial charge in [-0.3, -0.25) is 9.59 Å². The quantitative estimate of drug-likeness (QED) is 0.386. The Hall–Kier alpha value is -1.98. The van der Waals surface area contributed by atoms with Crippen LogP contribution in [0.25, 0.3) is 0 Å². The first-order chi connectivity index (χ1) is 12.7. The van der Waals surface area contributed by atoms with E-state index >= 15 is 0 Å². The number of esters is 1. The predicted octanol–water partition coefficient (Wildman–Crippen LogP) is 3.14. The molecule has 0 fully saturated rings. The summed E-state index contributed by atoms with van der Waals surface area (Å²) in [7, 11) is 0. The molecule has 27 heavy (non-hydrogen) atoms. The number of ether oxygens (including phenoxy) is 1. The first-order valence-corrected chi connectivity index (χ1v) is 9.40. The van der Waals surface area contributed by atoms with Gasteiger partial charge in [-0.05, 0) is 31.3 Å². The summed E-state index contributed by atoms with van der Waals surface area (Å²) in [5.74, 6) is -0.830. The molecule has 4 atom stereocenters. The third-order valence-electron chi connectivity index (χ3n) is 4.46. The van der Waals surface area contributed by atoms with Crippen LogP contribution in [0.2, 0.25) is 0 Å². The Morgan fingerprint density at radius 1 is 1.26 bits per heavy atom. The van der Waals surface area contributed by atoms with E-state index < -0.39 is 36.5 Å². The summed E-state index contributed by atoms with van der Waals surface area (Å²) in [5.41, 5.74) is 0.794. The van der Waals surface area contributed by atoms with Crippen LogP contribution in [0.5, 0.6) is 0 Å². The molecule has 5 heteroatoms. The molecule has 0 saturated carbocycles. The van der Waals surface area contributed by atoms with E-state index in [1.54, 1.807) is 6.92 Å². The second-order valence-electron chi connectivity index (χ2n) is 7.47. The highest BCUT2D eigenvalue weighted by atomic mass is 16.5. The standard InChI is InChI=1S/C22H32O5/c1-14(2)8-6-9-15(3)10-7-11-16(4)20-19(27-17(5)24)12-18(13-23)21(25)22(20)26/h6-7,9-12,14-15,19-20,22-23,26H,8,13H2,1-5H3/b9-6+,10-7+,16-11+/t15-,19-,20-,22+/m0/s1. The van der Waals surface area contributed by atoms with Crippen LogP contribution in [0.1, 0.15) is 41.0 Å². The van der Waals surface area contributed by atoms with Crippen molar-refractivity contribution in [2.24, 2.45) is 17.8 Å². The van der Waals surface area contributed by atoms with Crippen LogP contribution >= 0.6 is 0 Å². The highest BCUT2D eigenvalue weighted by Gasteiger charge is 2.40. The fourth-order valence-electron chi connectivity index (χ4n) is 2.98. The van der Waals surface area contributed by atoms with Gasteiger partial charge in [0, 0.05) is 12.5 Å². The minimum Gasteiger partial charge on any atom is -0.458 e. The molecule has 2 N–H and O–H groups in total. The molecule has 1 aliphatic rings. The van der Waals surface area contributed by atoms with Crippen molar-refractivity contribution >= 4 is 11.8 Å². The summed E-state index contributed by atoms with van der Waals surface area (Å²) >= 11 is 0. The Morgan fingerprint density at radius 3 is 2.48 bits per heavy atom. The van der Waals surface area contributed by atoms with Crippen LogP contribution in [0.4, 0.5) is 0 Å². The number of hydrogen-bond acceptors (Lipinski definition) is 5. The van der Waals surface area contributed by atoms with Crippen LogP contribution in [0.3, 0.4) is 0 Å². The van der Waals surface area contributed by atoms with E-state index in [4.69, 9.17) is 4.74 Å². The van der Waals surface area contributed by atoms with Crippen molar-refractivity contribution in [3.05, 3.63) is 47.6 Å². The van der Waals surface area contributed by atoms with E-state index in [0.29, 0.717) is 5.92 Å². The summed E-state index contributed by atoms with van der Waals surface area (Å²) < 4.78 is 5.26. The van der Waals surface area contributed by atoms with Crippen molar-refractivity contribution < 1.29 is 24.5 Å². The van der Waals surface area contributed by atoms with Crippen molar-refractivity contribution in [1.82, 2.24) is 0 Å². The third kappa shape index (κ3) is 7.27. The maximum absolute atomic E-state index is 12.2. The first kappa shape index (κ1) is 23.1. The summed E-state index contributed by atoms with van der Waals surface area (Å²) in [6.07, 6.45) is 10.4. The minimum absolute atomic E-state index is 0.0669. The van der Waals surface area contributed by atoms with E-state index in [0.717, 1.165) is 12.0 Å². The van der Waals surface area contributed by atoms with Crippen molar-refractivity contribution in [2.75, 3.05) is 6.61 Å². The molecule has 1 rings (SSSR count). The second-order valence-corrected chi connectivity index (χ2v) is 7.47. The van der Waals surface area contributed by atoms with Crippen LogP contribution < -0.4 is 0 Å². The van der Waals surface area contributed by atoms with E-state index in [1.807, 2.05) is 18.2 Å². The highest BCUT2D eigenvalue weighted by molar-refractivity contribution is 6.00. The molecular weight excluding hydrogens is 344 g/mol. The maximum Gasteiger partial charge on any atom is 0.303 e. The van der Waals surface area contributed by atoms with Crippen LogP contribution in [0.15, 0.2) is 47.6 Å². The smallest absolute Gasteiger partial charge is 0.303 e. The largest absolute Gasteiger partial charge is 0.458 e. The zero-order valence-electron chi connectivity index (χ0n) is 16.9. The average Bonchev–Trinajstić information content (AvgIpc) is 2.57. The molecule has 150 valence electrons. The Morgan fingerprint density at radius 2 is 1.93 bits per heavy atom. The molecule has 0 aromatic heterocycles. The number of aliphatic hydroxyl groups excluding tert-OH is 2. The number of allylic oxidation sites excluding steroid dienone is 5. The third-order valence-corrected chi connectivity index (χ3v) is 4.46. The van der Waals surface area contributed by atoms with Gasteiger partial charge in [0.25, 0.3) is 0 Å². The van der Waals surface area contributed by atoms with Crippen LogP contribution in [-0.2, 0) is 14.3 Å². The molecular formula is C22H32O5. The Balaban J connectivity index is 2.95. The second kappa shape index (κ2) is 11.0. The number of aliphatic hydroxyl groups is 2. The molecule has 0 spiro atoms. The van der Waals surface area contributed by atoms with E-state index in [-0.39, 0.29) is 11.5 Å². The van der Waals surface area contributed by atoms with E-state index in [1.165, 1.54) is 13.0 Å². The van der Waals surface area contributed by atoms with Gasteiger partial charge in [0.15, 0.2) is 5.78 Å². The number of hydrogen-bond donors (Lipinski definition) is 2. The van der Waals surface area contributed by atoms with Gasteiger partial charge in [0.2, 0.25) is 0 Å². The highest BCUT2D eigenvalue weighted by Crippen LogP contribution is 2.30. The van der Waals surface area contributed by atoms with Gasteiger partial charge < -0.3 is 14.9 Å². The molecule has 0 aliphatic heterocycles. The van der Waals surface area contributed by atoms with E-state index in [9.17, 15) is 19.8 Å². The molecule has 0 amide bonds. The maximum atomic E-state index is 12.2. The van der Waals surface area contributed by atoms with Gasteiger partial charge in [-0.25, -0.2) is 0 Å². The molecule has 0 unspecified atom stereocenters. The summed E-state index contributed by atoms with van der Waals surface area (Å²) in [4.78, 5) is 23.6. The number of Topliss-reactive ketones (excluding diaryl/α,β-unsaturated/α-hetero) is 1. The summed E-state index contributed by atoms with van der Waals surface area (Å²) in [6.45, 7) is 8.99. The molecule has 0 saturated heterocycles. The summed E-state index contributed by atoms with van der Waals surface area (Å²) in [6, 6.07) is 0. The van der Waals surface area contributed by atoms with E-state index in [2.05, 4.69) is 32.9 Å². The Kier molecular flexibility index (Phi) is 9.39. The van der Waals surface area contributed by atoms with Gasteiger partial charge in [0.1, 0.15) is 12.2 Å². The Bertz CT molecular complexity index is 639. The van der Waals surface area contributed by atoms with Crippen molar-refractivity contribution in [3.63, 3.8) is 0 Å². The lowest BCUT2D eigenvalue weighted by Crippen LogP contribution is -2.44. The lowest BCUT2D eigenvalue weighted by atomic mass is 9.79. The fraction of sp³-hybridized carbons (Fsp3) is 0.545. The number of rotatable bonds is 8. The number of ketones is 1. The molecule has 0 aromatic rings. The molecule has 0 bridgehead atoms. The van der Waals surface area contributed by atoms with Crippen LogP contribution in [-0.4, -0.2) is 40.8 Å². The number of carbonyl (C=O) groups is 2. The van der Waals surface area contributed by atoms with Gasteiger partial charge in [-0.1, -0.05) is 56.7 Å². The SMILES string of the molecule is CC(=O)O[C@H]1C=C(CO)C(=O)[C@H](O)[C@H]1/C(C)=C/C=C/[C@@H](C)/C=C/CC(C)C. The fourth-order valence-corrected chi connectivity index (χ4v) is 2.98. The lowest BCUT2D eigenvalue weighted by molar-refractivity contribution is -0.150. The molecule has 1 aliphatic carbocycles. The normalized spacial score (nSPS) is 25.3. The molecule has 0 aromatic carbocycles. The van der Waals surface area contributed by atoms with Crippen molar-refractivity contribution in [1.29, 1.82) is 0 Å². The topological polar surface area (TPSA) is 83.8 Å². The summed E-state index contributed by atoms with van der Waals surface area (Å²) in [5, 5.41) is 19.7. The van der Waals surface area contributed by atoms with Crippen molar-refractivity contribution in [3.8, 4) is 0 Å².